The number of carbonyl (C=O) groups is 2. The van der Waals surface area contributed by atoms with Gasteiger partial charge in [0.25, 0.3) is 0 Å². The normalized spacial score (nSPS) is 15.5. The minimum atomic E-state index is -4.57. The van der Waals surface area contributed by atoms with Gasteiger partial charge in [0, 0.05) is 5.92 Å². The van der Waals surface area contributed by atoms with Gasteiger partial charge in [-0.2, -0.15) is 13.2 Å². The van der Waals surface area contributed by atoms with Crippen molar-refractivity contribution in [3.8, 4) is 0 Å². The number of nitrogens with one attached hydrogen (secondary N) is 1. The lowest BCUT2D eigenvalue weighted by atomic mass is 10.0. The van der Waals surface area contributed by atoms with Crippen molar-refractivity contribution >= 4 is 49.6 Å². The van der Waals surface area contributed by atoms with Crippen LogP contribution >= 0.6 is 34.2 Å². The van der Waals surface area contributed by atoms with Gasteiger partial charge in [0.15, 0.2) is 3.79 Å². The largest absolute Gasteiger partial charge is 0.393 e. The predicted molar refractivity (Wildman–Crippen MR) is 95.2 cm³/mol. The van der Waals surface area contributed by atoms with E-state index in [1.165, 1.54) is 12.1 Å². The molecule has 24 heavy (non-hydrogen) atoms. The minimum Gasteiger partial charge on any atom is -0.323 e. The van der Waals surface area contributed by atoms with Crippen molar-refractivity contribution in [3.05, 3.63) is 28.8 Å². The maximum Gasteiger partial charge on any atom is 0.393 e. The maximum absolute atomic E-state index is 12.6. The second-order valence-corrected chi connectivity index (χ2v) is 7.04. The number of alkyl halides is 3. The van der Waals surface area contributed by atoms with Crippen molar-refractivity contribution in [1.29, 1.82) is 0 Å². The van der Waals surface area contributed by atoms with Gasteiger partial charge in [-0.3, -0.25) is 9.59 Å². The third-order valence-corrected chi connectivity index (χ3v) is 4.97. The first-order chi connectivity index (χ1) is 10.9. The Morgan fingerprint density at radius 2 is 1.92 bits per heavy atom. The fourth-order valence-corrected chi connectivity index (χ4v) is 2.26. The van der Waals surface area contributed by atoms with Crippen molar-refractivity contribution in [2.24, 2.45) is 17.6 Å². The number of nitrogens with two attached hydrogens (primary N) is 1. The van der Waals surface area contributed by atoms with Gasteiger partial charge in [-0.15, -0.1) is 0 Å². The van der Waals surface area contributed by atoms with Gasteiger partial charge in [0.05, 0.1) is 22.7 Å². The smallest absolute Gasteiger partial charge is 0.323 e. The van der Waals surface area contributed by atoms with Crippen LogP contribution in [0.15, 0.2) is 18.2 Å². The molecule has 0 aliphatic carbocycles. The second-order valence-electron chi connectivity index (χ2n) is 5.57. The molecule has 4 nitrogen and oxygen atoms in total. The third-order valence-electron chi connectivity index (χ3n) is 3.58. The van der Waals surface area contributed by atoms with Crippen molar-refractivity contribution in [2.75, 3.05) is 5.32 Å². The highest BCUT2D eigenvalue weighted by Crippen LogP contribution is 2.29. The second kappa shape index (κ2) is 8.48. The van der Waals surface area contributed by atoms with E-state index in [-0.39, 0.29) is 20.4 Å². The molecule has 134 valence electrons. The summed E-state index contributed by atoms with van der Waals surface area (Å²) in [6, 6.07) is 2.98. The summed E-state index contributed by atoms with van der Waals surface area (Å²) in [5.41, 5.74) is 6.27. The Balaban J connectivity index is 2.90. The summed E-state index contributed by atoms with van der Waals surface area (Å²) in [6.45, 7) is 2.60. The topological polar surface area (TPSA) is 72.2 Å². The molecule has 0 radical (unpaired) electrons. The number of benzene rings is 1. The van der Waals surface area contributed by atoms with E-state index >= 15 is 0 Å². The zero-order valence-electron chi connectivity index (χ0n) is 13.0. The quantitative estimate of drug-likeness (QED) is 0.483. The molecule has 2 unspecified atom stereocenters. The van der Waals surface area contributed by atoms with Crippen LogP contribution in [0, 0.1) is 11.8 Å². The molecule has 3 N–H and O–H groups in total. The van der Waals surface area contributed by atoms with Crippen LogP contribution in [0.5, 0.6) is 0 Å². The van der Waals surface area contributed by atoms with E-state index in [1.807, 2.05) is 0 Å². The number of hydrogen-bond acceptors (Lipinski definition) is 3. The van der Waals surface area contributed by atoms with E-state index in [2.05, 4.69) is 5.32 Å². The Bertz CT molecular complexity index is 625. The van der Waals surface area contributed by atoms with E-state index in [9.17, 15) is 22.8 Å². The lowest BCUT2D eigenvalue weighted by molar-refractivity contribution is -0.176. The van der Waals surface area contributed by atoms with E-state index in [0.717, 1.165) is 12.5 Å². The summed E-state index contributed by atoms with van der Waals surface area (Å²) in [5, 5.41) is 2.50. The molecule has 0 saturated carbocycles. The third kappa shape index (κ3) is 5.89. The van der Waals surface area contributed by atoms with Gasteiger partial charge < -0.3 is 11.1 Å². The van der Waals surface area contributed by atoms with Crippen LogP contribution in [-0.2, 0) is 16.0 Å². The van der Waals surface area contributed by atoms with Gasteiger partial charge in [-0.05, 0) is 46.7 Å². The molecule has 0 aliphatic rings. The monoisotopic (exact) mass is 476 g/mol. The summed E-state index contributed by atoms with van der Waals surface area (Å²) >= 11 is 7.66. The number of anilines is 1. The fraction of sp³-hybridized carbons (Fsp3) is 0.467. The average Bonchev–Trinajstić information content (AvgIpc) is 2.47. The molecule has 1 aromatic rings. The standard InChI is InChI=1S/C15H17ClF3IN2O2/c1-7(13(20)23)5-9-3-4-10(16)11(6-9)22-14(24)12(21)8(2)15(17,18)19/h3-4,6-8,12H,5,21H2,1-2H3,(H,22,24)/t7-,8?,12?/m0/s1. The number of halogens is 5. The Morgan fingerprint density at radius 3 is 2.42 bits per heavy atom. The molecule has 9 heteroatoms. The van der Waals surface area contributed by atoms with Crippen LogP contribution in [0.3, 0.4) is 0 Å². The summed E-state index contributed by atoms with van der Waals surface area (Å²) in [6.07, 6.45) is -4.15. The van der Waals surface area contributed by atoms with Gasteiger partial charge in [0.2, 0.25) is 5.91 Å². The fourth-order valence-electron chi connectivity index (χ4n) is 1.88. The molecule has 1 amide bonds. The highest BCUT2D eigenvalue weighted by atomic mass is 127. The van der Waals surface area contributed by atoms with Gasteiger partial charge >= 0.3 is 6.18 Å². The van der Waals surface area contributed by atoms with Gasteiger partial charge in [0.1, 0.15) is 0 Å². The number of hydrogen-bond donors (Lipinski definition) is 2. The van der Waals surface area contributed by atoms with E-state index in [0.29, 0.717) is 6.42 Å². The highest BCUT2D eigenvalue weighted by molar-refractivity contribution is 14.1. The minimum absolute atomic E-state index is 0.0193. The van der Waals surface area contributed by atoms with E-state index < -0.39 is 24.0 Å². The Kier molecular flexibility index (Phi) is 7.48. The zero-order valence-corrected chi connectivity index (χ0v) is 15.9. The van der Waals surface area contributed by atoms with Crippen molar-refractivity contribution in [2.45, 2.75) is 32.5 Å². The molecular weight excluding hydrogens is 460 g/mol. The molecule has 0 aromatic heterocycles. The van der Waals surface area contributed by atoms with Crippen LogP contribution in [0.25, 0.3) is 0 Å². The number of rotatable bonds is 6. The molecule has 0 saturated heterocycles. The van der Waals surface area contributed by atoms with Crippen molar-refractivity contribution in [1.82, 2.24) is 0 Å². The Morgan fingerprint density at radius 1 is 1.33 bits per heavy atom. The van der Waals surface area contributed by atoms with E-state index in [4.69, 9.17) is 17.3 Å². The van der Waals surface area contributed by atoms with Crippen molar-refractivity contribution in [3.63, 3.8) is 0 Å². The SMILES string of the molecule is CC(C(N)C(=O)Nc1cc(C[C@H](C)C(=O)I)ccc1Cl)C(F)(F)F. The van der Waals surface area contributed by atoms with Gasteiger partial charge in [-0.1, -0.05) is 31.5 Å². The highest BCUT2D eigenvalue weighted by Gasteiger charge is 2.42. The summed E-state index contributed by atoms with van der Waals surface area (Å²) < 4.78 is 37.9. The lowest BCUT2D eigenvalue weighted by Gasteiger charge is -2.22. The van der Waals surface area contributed by atoms with Gasteiger partial charge in [-0.25, -0.2) is 0 Å². The first-order valence-electron chi connectivity index (χ1n) is 7.04. The first-order valence-corrected chi connectivity index (χ1v) is 8.50. The van der Waals surface area contributed by atoms with Crippen LogP contribution in [0.4, 0.5) is 18.9 Å². The number of carbonyl (C=O) groups excluding carboxylic acids is 2. The van der Waals surface area contributed by atoms with Crippen LogP contribution < -0.4 is 11.1 Å². The molecule has 1 aromatic carbocycles. The summed E-state index contributed by atoms with van der Waals surface area (Å²) in [5.74, 6) is -3.20. The molecule has 0 spiro atoms. The Labute approximate surface area is 156 Å². The van der Waals surface area contributed by atoms with E-state index in [1.54, 1.807) is 35.6 Å². The number of amides is 1. The summed E-state index contributed by atoms with van der Waals surface area (Å²) in [7, 11) is 0. The van der Waals surface area contributed by atoms with Crippen molar-refractivity contribution < 1.29 is 22.8 Å². The molecule has 0 heterocycles. The summed E-state index contributed by atoms with van der Waals surface area (Å²) in [4.78, 5) is 23.2. The Hall–Kier alpha value is -0.870. The first kappa shape index (κ1) is 21.2. The van der Waals surface area contributed by atoms with Crippen LogP contribution in [-0.4, -0.2) is 21.9 Å². The molecule has 1 rings (SSSR count). The van der Waals surface area contributed by atoms with Crippen LogP contribution in [0.1, 0.15) is 19.4 Å². The molecule has 3 atom stereocenters. The van der Waals surface area contributed by atoms with Crippen LogP contribution in [0.2, 0.25) is 5.02 Å². The predicted octanol–water partition coefficient (Wildman–Crippen LogP) is 3.94. The maximum atomic E-state index is 12.6. The molecule has 0 fully saturated rings. The molecular formula is C15H17ClF3IN2O2. The average molecular weight is 477 g/mol. The molecule has 0 aliphatic heterocycles. The molecule has 0 bridgehead atoms. The zero-order chi connectivity index (χ0) is 18.7. The lowest BCUT2D eigenvalue weighted by Crippen LogP contribution is -2.46.